The van der Waals surface area contributed by atoms with Gasteiger partial charge in [-0.3, -0.25) is 0 Å². The van der Waals surface area contributed by atoms with Crippen molar-refractivity contribution in [2.75, 3.05) is 30.8 Å². The Morgan fingerprint density at radius 2 is 2.11 bits per heavy atom. The highest BCUT2D eigenvalue weighted by molar-refractivity contribution is 7.17. The maximum Gasteiger partial charge on any atom is 0.343 e. The van der Waals surface area contributed by atoms with Gasteiger partial charge in [0.05, 0.1) is 12.8 Å². The van der Waals surface area contributed by atoms with E-state index in [1.165, 1.54) is 24.9 Å². The number of methoxy groups -OCH3 is 1. The minimum Gasteiger partial charge on any atom is -0.465 e. The Bertz CT molecular complexity index is 498. The van der Waals surface area contributed by atoms with Crippen LogP contribution in [0.2, 0.25) is 0 Å². The zero-order chi connectivity index (χ0) is 13.1. The first-order valence-corrected chi connectivity index (χ1v) is 6.66. The Kier molecular flexibility index (Phi) is 3.72. The molecule has 0 unspecified atom stereocenters. The molecule has 1 aromatic rings. The Balaban J connectivity index is 2.45. The molecule has 1 aliphatic rings. The van der Waals surface area contributed by atoms with Crippen LogP contribution in [-0.2, 0) is 4.74 Å². The SMILES string of the molecule is COC(=O)c1c(N2CCCCC2)sc(C#N)c1N. The van der Waals surface area contributed by atoms with Gasteiger partial charge in [0, 0.05) is 13.1 Å². The van der Waals surface area contributed by atoms with Crippen LogP contribution in [0.4, 0.5) is 10.7 Å². The average molecular weight is 265 g/mol. The summed E-state index contributed by atoms with van der Waals surface area (Å²) in [5, 5.41) is 9.79. The fourth-order valence-electron chi connectivity index (χ4n) is 2.13. The summed E-state index contributed by atoms with van der Waals surface area (Å²) in [7, 11) is 1.32. The monoisotopic (exact) mass is 265 g/mol. The number of ether oxygens (including phenoxy) is 1. The second-order valence-electron chi connectivity index (χ2n) is 4.18. The predicted octanol–water partition coefficient (Wildman–Crippen LogP) is 1.98. The molecular formula is C12H15N3O2S. The molecule has 0 saturated carbocycles. The number of hydrogen-bond donors (Lipinski definition) is 1. The molecule has 1 fully saturated rings. The van der Waals surface area contributed by atoms with Crippen molar-refractivity contribution in [3.05, 3.63) is 10.4 Å². The molecule has 1 aromatic heterocycles. The smallest absolute Gasteiger partial charge is 0.343 e. The van der Waals surface area contributed by atoms with E-state index in [9.17, 15) is 4.79 Å². The van der Waals surface area contributed by atoms with Gasteiger partial charge in [0.25, 0.3) is 0 Å². The number of carbonyl (C=O) groups excluding carboxylic acids is 1. The molecule has 6 heteroatoms. The quantitative estimate of drug-likeness (QED) is 0.827. The van der Waals surface area contributed by atoms with Crippen LogP contribution >= 0.6 is 11.3 Å². The van der Waals surface area contributed by atoms with Crippen molar-refractivity contribution in [3.8, 4) is 6.07 Å². The van der Waals surface area contributed by atoms with Crippen molar-refractivity contribution in [1.82, 2.24) is 0 Å². The largest absolute Gasteiger partial charge is 0.465 e. The number of anilines is 2. The van der Waals surface area contributed by atoms with E-state index in [0.29, 0.717) is 10.4 Å². The lowest BCUT2D eigenvalue weighted by Gasteiger charge is -2.28. The van der Waals surface area contributed by atoms with Gasteiger partial charge in [-0.1, -0.05) is 0 Å². The normalized spacial score (nSPS) is 15.2. The molecule has 18 heavy (non-hydrogen) atoms. The summed E-state index contributed by atoms with van der Waals surface area (Å²) in [4.78, 5) is 14.3. The summed E-state index contributed by atoms with van der Waals surface area (Å²) in [5.41, 5.74) is 6.45. The summed E-state index contributed by atoms with van der Waals surface area (Å²) in [5.74, 6) is -0.467. The number of carbonyl (C=O) groups is 1. The van der Waals surface area contributed by atoms with Crippen LogP contribution in [0.5, 0.6) is 0 Å². The molecule has 0 atom stereocenters. The highest BCUT2D eigenvalue weighted by Gasteiger charge is 2.27. The fourth-order valence-corrected chi connectivity index (χ4v) is 3.19. The van der Waals surface area contributed by atoms with Crippen LogP contribution in [0.25, 0.3) is 0 Å². The van der Waals surface area contributed by atoms with Crippen molar-refractivity contribution >= 4 is 28.0 Å². The van der Waals surface area contributed by atoms with E-state index in [0.717, 1.165) is 30.9 Å². The van der Waals surface area contributed by atoms with Crippen molar-refractivity contribution in [2.24, 2.45) is 0 Å². The summed E-state index contributed by atoms with van der Waals surface area (Å²) >= 11 is 1.28. The molecule has 0 bridgehead atoms. The number of nitrogens with zero attached hydrogens (tertiary/aromatic N) is 2. The van der Waals surface area contributed by atoms with E-state index in [1.807, 2.05) is 6.07 Å². The zero-order valence-electron chi connectivity index (χ0n) is 10.2. The van der Waals surface area contributed by atoms with E-state index in [-0.39, 0.29) is 5.69 Å². The lowest BCUT2D eigenvalue weighted by Crippen LogP contribution is -2.30. The Hall–Kier alpha value is -1.74. The third kappa shape index (κ3) is 2.14. The number of rotatable bonds is 2. The average Bonchev–Trinajstić information content (AvgIpc) is 2.76. The zero-order valence-corrected chi connectivity index (χ0v) is 11.0. The first-order valence-electron chi connectivity index (χ1n) is 5.84. The Labute approximate surface area is 110 Å². The molecule has 2 rings (SSSR count). The number of esters is 1. The fraction of sp³-hybridized carbons (Fsp3) is 0.500. The number of thiophene rings is 1. The molecule has 0 radical (unpaired) electrons. The maximum absolute atomic E-state index is 11.8. The topological polar surface area (TPSA) is 79.3 Å². The number of nitrogens with two attached hydrogens (primary N) is 1. The molecule has 0 aromatic carbocycles. The van der Waals surface area contributed by atoms with Gasteiger partial charge in [-0.15, -0.1) is 11.3 Å². The second-order valence-corrected chi connectivity index (χ2v) is 5.18. The van der Waals surface area contributed by atoms with Crippen molar-refractivity contribution in [2.45, 2.75) is 19.3 Å². The van der Waals surface area contributed by atoms with Crippen LogP contribution in [0.15, 0.2) is 0 Å². The predicted molar refractivity (Wildman–Crippen MR) is 70.8 cm³/mol. The first-order chi connectivity index (χ1) is 8.69. The standard InChI is InChI=1S/C12H15N3O2S/c1-17-12(16)9-10(14)8(7-13)18-11(9)15-5-3-2-4-6-15/h2-6,14H2,1H3. The van der Waals surface area contributed by atoms with Crippen LogP contribution in [0, 0.1) is 11.3 Å². The molecule has 1 aliphatic heterocycles. The minimum absolute atomic E-state index is 0.245. The highest BCUT2D eigenvalue weighted by atomic mass is 32.1. The van der Waals surface area contributed by atoms with Crippen LogP contribution < -0.4 is 10.6 Å². The van der Waals surface area contributed by atoms with Gasteiger partial charge in [0.2, 0.25) is 0 Å². The van der Waals surface area contributed by atoms with E-state index in [4.69, 9.17) is 15.7 Å². The van der Waals surface area contributed by atoms with Crippen LogP contribution in [-0.4, -0.2) is 26.2 Å². The van der Waals surface area contributed by atoms with Crippen LogP contribution in [0.3, 0.4) is 0 Å². The van der Waals surface area contributed by atoms with E-state index < -0.39 is 5.97 Å². The van der Waals surface area contributed by atoms with Gasteiger partial charge >= 0.3 is 5.97 Å². The highest BCUT2D eigenvalue weighted by Crippen LogP contribution is 2.39. The third-order valence-electron chi connectivity index (χ3n) is 3.06. The van der Waals surface area contributed by atoms with Gasteiger partial charge in [-0.25, -0.2) is 4.79 Å². The maximum atomic E-state index is 11.8. The molecule has 96 valence electrons. The van der Waals surface area contributed by atoms with Crippen molar-refractivity contribution < 1.29 is 9.53 Å². The van der Waals surface area contributed by atoms with Gasteiger partial charge in [0.15, 0.2) is 0 Å². The summed E-state index contributed by atoms with van der Waals surface area (Å²) in [6, 6.07) is 2.03. The van der Waals surface area contributed by atoms with E-state index in [1.54, 1.807) is 0 Å². The van der Waals surface area contributed by atoms with Crippen molar-refractivity contribution in [3.63, 3.8) is 0 Å². The Morgan fingerprint density at radius 3 is 2.67 bits per heavy atom. The van der Waals surface area contributed by atoms with Gasteiger partial charge in [0.1, 0.15) is 21.5 Å². The van der Waals surface area contributed by atoms with Crippen molar-refractivity contribution in [1.29, 1.82) is 5.26 Å². The molecule has 0 amide bonds. The third-order valence-corrected chi connectivity index (χ3v) is 4.23. The van der Waals surface area contributed by atoms with Gasteiger partial charge < -0.3 is 15.4 Å². The molecule has 0 spiro atoms. The lowest BCUT2D eigenvalue weighted by atomic mass is 10.1. The van der Waals surface area contributed by atoms with Crippen LogP contribution in [0.1, 0.15) is 34.5 Å². The number of nitriles is 1. The molecule has 2 N–H and O–H groups in total. The van der Waals surface area contributed by atoms with Gasteiger partial charge in [-0.2, -0.15) is 5.26 Å². The number of hydrogen-bond acceptors (Lipinski definition) is 6. The number of nitrogen functional groups attached to an aromatic ring is 1. The lowest BCUT2D eigenvalue weighted by molar-refractivity contribution is 0.0603. The Morgan fingerprint density at radius 1 is 1.44 bits per heavy atom. The van der Waals surface area contributed by atoms with Gasteiger partial charge in [-0.05, 0) is 19.3 Å². The summed E-state index contributed by atoms with van der Waals surface area (Å²) in [6.45, 7) is 1.80. The molecular weight excluding hydrogens is 250 g/mol. The van der Waals surface area contributed by atoms with E-state index in [2.05, 4.69) is 4.90 Å². The molecule has 1 saturated heterocycles. The minimum atomic E-state index is -0.467. The number of piperidine rings is 1. The second kappa shape index (κ2) is 5.27. The first kappa shape index (κ1) is 12.7. The van der Waals surface area contributed by atoms with E-state index >= 15 is 0 Å². The molecule has 2 heterocycles. The summed E-state index contributed by atoms with van der Waals surface area (Å²) < 4.78 is 4.76. The summed E-state index contributed by atoms with van der Waals surface area (Å²) in [6.07, 6.45) is 3.40. The molecule has 0 aliphatic carbocycles. The molecule has 5 nitrogen and oxygen atoms in total.